The lowest BCUT2D eigenvalue weighted by molar-refractivity contribution is -0.119. The predicted molar refractivity (Wildman–Crippen MR) is 118 cm³/mol. The van der Waals surface area contributed by atoms with E-state index in [1.165, 1.54) is 31.7 Å². The Balaban J connectivity index is 1.33. The fourth-order valence-electron chi connectivity index (χ4n) is 4.42. The Labute approximate surface area is 178 Å². The van der Waals surface area contributed by atoms with Gasteiger partial charge in [-0.25, -0.2) is 4.39 Å². The lowest BCUT2D eigenvalue weighted by Crippen LogP contribution is -2.33. The van der Waals surface area contributed by atoms with Gasteiger partial charge in [0.2, 0.25) is 5.91 Å². The summed E-state index contributed by atoms with van der Waals surface area (Å²) in [5, 5.41) is 2.74. The van der Waals surface area contributed by atoms with Gasteiger partial charge in [-0.2, -0.15) is 0 Å². The highest BCUT2D eigenvalue weighted by molar-refractivity contribution is 5.73. The molecule has 5 heteroatoms. The molecule has 1 unspecified atom stereocenters. The maximum Gasteiger partial charge on any atom is 0.217 e. The van der Waals surface area contributed by atoms with E-state index >= 15 is 0 Å². The fourth-order valence-corrected chi connectivity index (χ4v) is 4.42. The standard InChI is InChI=1S/C25H31FN2O2/c1-17(27-18(2)29)24-11-8-21(16-25(24)26)28-14-12-20(13-15-28)19-6-9-23(10-7-19)30-22-4-3-5-22/h6-11,16-17,20,22H,3-5,12-15H2,1-2H3,(H,27,29). The molecule has 0 spiro atoms. The minimum Gasteiger partial charge on any atom is -0.490 e. The van der Waals surface area contributed by atoms with Crippen molar-refractivity contribution in [2.75, 3.05) is 18.0 Å². The third-order valence-electron chi connectivity index (χ3n) is 6.44. The zero-order valence-electron chi connectivity index (χ0n) is 17.9. The Morgan fingerprint density at radius 2 is 1.80 bits per heavy atom. The zero-order chi connectivity index (χ0) is 21.1. The van der Waals surface area contributed by atoms with Crippen LogP contribution in [-0.4, -0.2) is 25.1 Å². The van der Waals surface area contributed by atoms with Crippen molar-refractivity contribution in [3.8, 4) is 5.75 Å². The van der Waals surface area contributed by atoms with Crippen LogP contribution in [0, 0.1) is 5.82 Å². The molecule has 2 aromatic carbocycles. The number of nitrogens with one attached hydrogen (secondary N) is 1. The van der Waals surface area contributed by atoms with Gasteiger partial charge in [0.05, 0.1) is 12.1 Å². The molecule has 1 aliphatic carbocycles. The number of amides is 1. The van der Waals surface area contributed by atoms with E-state index in [9.17, 15) is 9.18 Å². The highest BCUT2D eigenvalue weighted by Gasteiger charge is 2.23. The molecule has 1 heterocycles. The van der Waals surface area contributed by atoms with Gasteiger partial charge in [-0.1, -0.05) is 18.2 Å². The van der Waals surface area contributed by atoms with Gasteiger partial charge in [-0.15, -0.1) is 0 Å². The van der Waals surface area contributed by atoms with Crippen LogP contribution in [0.4, 0.5) is 10.1 Å². The van der Waals surface area contributed by atoms with Crippen LogP contribution in [-0.2, 0) is 4.79 Å². The Morgan fingerprint density at radius 3 is 2.37 bits per heavy atom. The molecule has 1 amide bonds. The third kappa shape index (κ3) is 4.77. The number of piperidine rings is 1. The number of halogens is 1. The van der Waals surface area contributed by atoms with Crippen molar-refractivity contribution >= 4 is 11.6 Å². The summed E-state index contributed by atoms with van der Waals surface area (Å²) >= 11 is 0. The van der Waals surface area contributed by atoms with E-state index in [4.69, 9.17) is 4.74 Å². The molecule has 4 nitrogen and oxygen atoms in total. The molecule has 1 saturated heterocycles. The van der Waals surface area contributed by atoms with Crippen LogP contribution in [0.25, 0.3) is 0 Å². The van der Waals surface area contributed by atoms with Gasteiger partial charge in [0.15, 0.2) is 0 Å². The maximum atomic E-state index is 14.6. The van der Waals surface area contributed by atoms with Crippen molar-refractivity contribution in [1.82, 2.24) is 5.32 Å². The second kappa shape index (κ2) is 9.07. The van der Waals surface area contributed by atoms with Gasteiger partial charge >= 0.3 is 0 Å². The summed E-state index contributed by atoms with van der Waals surface area (Å²) in [6.45, 7) is 5.06. The quantitative estimate of drug-likeness (QED) is 0.699. The molecule has 2 aliphatic rings. The number of benzene rings is 2. The predicted octanol–water partition coefficient (Wildman–Crippen LogP) is 5.34. The number of rotatable bonds is 6. The van der Waals surface area contributed by atoms with Crippen molar-refractivity contribution in [3.63, 3.8) is 0 Å². The minimum absolute atomic E-state index is 0.157. The summed E-state index contributed by atoms with van der Waals surface area (Å²) in [5.74, 6) is 1.08. The number of carbonyl (C=O) groups excluding carboxylic acids is 1. The summed E-state index contributed by atoms with van der Waals surface area (Å²) in [6.07, 6.45) is 6.14. The molecule has 160 valence electrons. The third-order valence-corrected chi connectivity index (χ3v) is 6.44. The number of nitrogens with zero attached hydrogens (tertiary/aromatic N) is 1. The van der Waals surface area contributed by atoms with Crippen LogP contribution in [0.15, 0.2) is 42.5 Å². The van der Waals surface area contributed by atoms with E-state index in [0.717, 1.165) is 37.4 Å². The fraction of sp³-hybridized carbons (Fsp3) is 0.480. The highest BCUT2D eigenvalue weighted by atomic mass is 19.1. The lowest BCUT2D eigenvalue weighted by atomic mass is 9.89. The van der Waals surface area contributed by atoms with Crippen molar-refractivity contribution in [1.29, 1.82) is 0 Å². The largest absolute Gasteiger partial charge is 0.490 e. The normalized spacial score (nSPS) is 18.6. The number of carbonyl (C=O) groups is 1. The summed E-state index contributed by atoms with van der Waals surface area (Å²) < 4.78 is 20.6. The minimum atomic E-state index is -0.335. The summed E-state index contributed by atoms with van der Waals surface area (Å²) in [6, 6.07) is 13.6. The van der Waals surface area contributed by atoms with Gasteiger partial charge in [0.1, 0.15) is 11.6 Å². The Kier molecular flexibility index (Phi) is 6.26. The average molecular weight is 411 g/mol. The van der Waals surface area contributed by atoms with Crippen LogP contribution < -0.4 is 15.0 Å². The van der Waals surface area contributed by atoms with E-state index in [1.54, 1.807) is 19.1 Å². The van der Waals surface area contributed by atoms with Crippen molar-refractivity contribution in [2.45, 2.75) is 64.0 Å². The zero-order valence-corrected chi connectivity index (χ0v) is 17.9. The molecular formula is C25H31FN2O2. The van der Waals surface area contributed by atoms with Gasteiger partial charge in [-0.05, 0) is 74.8 Å². The second-order valence-electron chi connectivity index (χ2n) is 8.63. The smallest absolute Gasteiger partial charge is 0.217 e. The Bertz CT molecular complexity index is 871. The lowest BCUT2D eigenvalue weighted by Gasteiger charge is -2.34. The van der Waals surface area contributed by atoms with E-state index in [0.29, 0.717) is 17.6 Å². The second-order valence-corrected chi connectivity index (χ2v) is 8.63. The Morgan fingerprint density at radius 1 is 1.10 bits per heavy atom. The van der Waals surface area contributed by atoms with E-state index in [2.05, 4.69) is 34.5 Å². The van der Waals surface area contributed by atoms with Gasteiger partial charge in [0.25, 0.3) is 0 Å². The van der Waals surface area contributed by atoms with Gasteiger partial charge in [-0.3, -0.25) is 4.79 Å². The van der Waals surface area contributed by atoms with Crippen LogP contribution in [0.1, 0.15) is 69.0 Å². The summed E-state index contributed by atoms with van der Waals surface area (Å²) in [7, 11) is 0. The molecule has 2 aromatic rings. The summed E-state index contributed by atoms with van der Waals surface area (Å²) in [5.41, 5.74) is 2.79. The number of hydrogen-bond acceptors (Lipinski definition) is 3. The van der Waals surface area contributed by atoms with Gasteiger partial charge < -0.3 is 15.0 Å². The molecule has 1 aliphatic heterocycles. The SMILES string of the molecule is CC(=O)NC(C)c1ccc(N2CCC(c3ccc(OC4CCC4)cc3)CC2)cc1F. The maximum absolute atomic E-state index is 14.6. The molecule has 0 radical (unpaired) electrons. The van der Waals surface area contributed by atoms with Gasteiger partial charge in [0, 0.05) is 31.3 Å². The molecule has 30 heavy (non-hydrogen) atoms. The number of anilines is 1. The molecule has 0 aromatic heterocycles. The first-order chi connectivity index (χ1) is 14.5. The average Bonchev–Trinajstić information content (AvgIpc) is 2.70. The molecule has 1 atom stereocenters. The Hall–Kier alpha value is -2.56. The monoisotopic (exact) mass is 410 g/mol. The van der Waals surface area contributed by atoms with Crippen molar-refractivity contribution < 1.29 is 13.9 Å². The molecule has 0 bridgehead atoms. The van der Waals surface area contributed by atoms with Crippen LogP contribution in [0.5, 0.6) is 5.75 Å². The highest BCUT2D eigenvalue weighted by Crippen LogP contribution is 2.33. The number of ether oxygens (including phenoxy) is 1. The molecule has 2 fully saturated rings. The molecule has 1 N–H and O–H groups in total. The van der Waals surface area contributed by atoms with Crippen LogP contribution in [0.2, 0.25) is 0 Å². The summed E-state index contributed by atoms with van der Waals surface area (Å²) in [4.78, 5) is 13.5. The first kappa shape index (κ1) is 20.7. The topological polar surface area (TPSA) is 41.6 Å². The first-order valence-corrected chi connectivity index (χ1v) is 11.1. The van der Waals surface area contributed by atoms with E-state index in [1.807, 2.05) is 6.07 Å². The van der Waals surface area contributed by atoms with Crippen molar-refractivity contribution in [2.24, 2.45) is 0 Å². The van der Waals surface area contributed by atoms with Crippen LogP contribution in [0.3, 0.4) is 0 Å². The molecule has 1 saturated carbocycles. The molecular weight excluding hydrogens is 379 g/mol. The van der Waals surface area contributed by atoms with Crippen LogP contribution >= 0.6 is 0 Å². The number of hydrogen-bond donors (Lipinski definition) is 1. The van der Waals surface area contributed by atoms with E-state index < -0.39 is 0 Å². The molecule has 4 rings (SSSR count). The van der Waals surface area contributed by atoms with Crippen molar-refractivity contribution in [3.05, 3.63) is 59.4 Å². The first-order valence-electron chi connectivity index (χ1n) is 11.1. The van der Waals surface area contributed by atoms with E-state index in [-0.39, 0.29) is 17.8 Å².